The second-order valence-corrected chi connectivity index (χ2v) is 7.01. The molecule has 3 nitrogen and oxygen atoms in total. The average Bonchev–Trinajstić information content (AvgIpc) is 2.23. The molecule has 114 valence electrons. The maximum atomic E-state index is 14.1. The summed E-state index contributed by atoms with van der Waals surface area (Å²) in [7, 11) is 1.87. The number of nitrogens with one attached hydrogen (secondary N) is 1. The number of aliphatic hydroxyl groups is 1. The van der Waals surface area contributed by atoms with Gasteiger partial charge in [-0.3, -0.25) is 0 Å². The minimum absolute atomic E-state index is 0.0750. The molecule has 2 N–H and O–H groups in total. The van der Waals surface area contributed by atoms with Crippen LogP contribution in [0, 0.1) is 5.82 Å². The summed E-state index contributed by atoms with van der Waals surface area (Å²) in [5, 5.41) is 13.2. The van der Waals surface area contributed by atoms with Gasteiger partial charge in [-0.1, -0.05) is 6.07 Å². The Labute approximate surface area is 121 Å². The van der Waals surface area contributed by atoms with Crippen molar-refractivity contribution in [3.63, 3.8) is 0 Å². The van der Waals surface area contributed by atoms with E-state index < -0.39 is 5.60 Å². The molecule has 0 spiro atoms. The number of nitrogens with zero attached hydrogens (tertiary/aromatic N) is 1. The molecule has 20 heavy (non-hydrogen) atoms. The molecule has 0 bridgehead atoms. The molecule has 1 rings (SSSR count). The van der Waals surface area contributed by atoms with E-state index in [-0.39, 0.29) is 11.4 Å². The van der Waals surface area contributed by atoms with E-state index in [1.54, 1.807) is 19.9 Å². The van der Waals surface area contributed by atoms with Crippen molar-refractivity contribution in [3.05, 3.63) is 29.6 Å². The van der Waals surface area contributed by atoms with Crippen LogP contribution in [0.5, 0.6) is 0 Å². The van der Waals surface area contributed by atoms with E-state index in [1.807, 2.05) is 38.8 Å². The quantitative estimate of drug-likeness (QED) is 0.871. The Balaban J connectivity index is 2.99. The Morgan fingerprint density at radius 3 is 2.30 bits per heavy atom. The zero-order chi connectivity index (χ0) is 15.6. The SMILES string of the molecule is CN(CC(C)(C)O)c1cccc(F)c1CNC(C)(C)C. The van der Waals surface area contributed by atoms with E-state index in [4.69, 9.17) is 0 Å². The van der Waals surface area contributed by atoms with Crippen LogP contribution in [0.15, 0.2) is 18.2 Å². The number of hydrogen-bond donors (Lipinski definition) is 2. The highest BCUT2D eigenvalue weighted by molar-refractivity contribution is 5.54. The lowest BCUT2D eigenvalue weighted by Crippen LogP contribution is -2.38. The topological polar surface area (TPSA) is 35.5 Å². The summed E-state index contributed by atoms with van der Waals surface area (Å²) in [6, 6.07) is 5.06. The van der Waals surface area contributed by atoms with Crippen LogP contribution in [0.4, 0.5) is 10.1 Å². The number of anilines is 1. The third-order valence-corrected chi connectivity index (χ3v) is 2.92. The normalized spacial score (nSPS) is 12.6. The van der Waals surface area contributed by atoms with Gasteiger partial charge in [0, 0.05) is 36.9 Å². The van der Waals surface area contributed by atoms with Crippen LogP contribution in [0.2, 0.25) is 0 Å². The Kier molecular flexibility index (Phi) is 5.16. The van der Waals surface area contributed by atoms with Crippen molar-refractivity contribution in [2.75, 3.05) is 18.5 Å². The fourth-order valence-electron chi connectivity index (χ4n) is 2.10. The first-order chi connectivity index (χ1) is 8.99. The summed E-state index contributed by atoms with van der Waals surface area (Å²) in [5.41, 5.74) is 0.544. The summed E-state index contributed by atoms with van der Waals surface area (Å²) in [6.07, 6.45) is 0. The molecular formula is C16H27FN2O. The van der Waals surface area contributed by atoms with E-state index in [1.165, 1.54) is 6.07 Å². The lowest BCUT2D eigenvalue weighted by atomic mass is 10.1. The monoisotopic (exact) mass is 282 g/mol. The molecule has 0 aromatic heterocycles. The van der Waals surface area contributed by atoms with Gasteiger partial charge in [-0.2, -0.15) is 0 Å². The van der Waals surface area contributed by atoms with Gasteiger partial charge in [0.05, 0.1) is 5.60 Å². The van der Waals surface area contributed by atoms with Crippen molar-refractivity contribution in [2.24, 2.45) is 0 Å². The first-order valence-electron chi connectivity index (χ1n) is 6.95. The molecule has 0 atom stereocenters. The van der Waals surface area contributed by atoms with Crippen LogP contribution in [0.25, 0.3) is 0 Å². The van der Waals surface area contributed by atoms with E-state index in [2.05, 4.69) is 5.32 Å². The fraction of sp³-hybridized carbons (Fsp3) is 0.625. The summed E-state index contributed by atoms with van der Waals surface area (Å²) >= 11 is 0. The zero-order valence-corrected chi connectivity index (χ0v) is 13.4. The molecular weight excluding hydrogens is 255 g/mol. The maximum absolute atomic E-state index is 14.1. The average molecular weight is 282 g/mol. The standard InChI is InChI=1S/C16H27FN2O/c1-15(2,3)18-10-12-13(17)8-7-9-14(12)19(6)11-16(4,5)20/h7-9,18,20H,10-11H2,1-6H3. The van der Waals surface area contributed by atoms with Crippen LogP contribution in [0.3, 0.4) is 0 Å². The van der Waals surface area contributed by atoms with Gasteiger partial charge in [0.1, 0.15) is 5.82 Å². The van der Waals surface area contributed by atoms with Crippen LogP contribution < -0.4 is 10.2 Å². The van der Waals surface area contributed by atoms with Gasteiger partial charge in [0.2, 0.25) is 0 Å². The molecule has 0 aliphatic carbocycles. The molecule has 0 aliphatic heterocycles. The molecule has 1 aromatic rings. The second kappa shape index (κ2) is 6.10. The molecule has 0 saturated heterocycles. The number of rotatable bonds is 5. The number of likely N-dealkylation sites (N-methyl/N-ethyl adjacent to an activating group) is 1. The van der Waals surface area contributed by atoms with Gasteiger partial charge in [-0.05, 0) is 46.8 Å². The molecule has 4 heteroatoms. The first-order valence-corrected chi connectivity index (χ1v) is 6.95. The van der Waals surface area contributed by atoms with Crippen molar-refractivity contribution in [1.82, 2.24) is 5.32 Å². The summed E-state index contributed by atoms with van der Waals surface area (Å²) in [6.45, 7) is 10.5. The van der Waals surface area contributed by atoms with Gasteiger partial charge >= 0.3 is 0 Å². The lowest BCUT2D eigenvalue weighted by Gasteiger charge is -2.30. The van der Waals surface area contributed by atoms with E-state index >= 15 is 0 Å². The summed E-state index contributed by atoms with van der Waals surface area (Å²) in [5.74, 6) is -0.221. The van der Waals surface area contributed by atoms with Crippen molar-refractivity contribution in [2.45, 2.75) is 52.3 Å². The minimum atomic E-state index is -0.824. The fourth-order valence-corrected chi connectivity index (χ4v) is 2.10. The Bertz CT molecular complexity index is 447. The Morgan fingerprint density at radius 2 is 1.80 bits per heavy atom. The second-order valence-electron chi connectivity index (χ2n) is 7.01. The highest BCUT2D eigenvalue weighted by Gasteiger charge is 2.20. The van der Waals surface area contributed by atoms with Crippen molar-refractivity contribution in [3.8, 4) is 0 Å². The van der Waals surface area contributed by atoms with E-state index in [9.17, 15) is 9.50 Å². The van der Waals surface area contributed by atoms with Crippen LogP contribution in [0.1, 0.15) is 40.2 Å². The van der Waals surface area contributed by atoms with E-state index in [0.29, 0.717) is 18.7 Å². The molecule has 0 aliphatic rings. The number of hydrogen-bond acceptors (Lipinski definition) is 3. The highest BCUT2D eigenvalue weighted by atomic mass is 19.1. The highest BCUT2D eigenvalue weighted by Crippen LogP contribution is 2.24. The predicted octanol–water partition coefficient (Wildman–Crippen LogP) is 2.92. The van der Waals surface area contributed by atoms with Crippen molar-refractivity contribution < 1.29 is 9.50 Å². The summed E-state index contributed by atoms with van der Waals surface area (Å²) in [4.78, 5) is 1.89. The van der Waals surface area contributed by atoms with E-state index in [0.717, 1.165) is 5.69 Å². The Morgan fingerprint density at radius 1 is 1.20 bits per heavy atom. The van der Waals surface area contributed by atoms with Crippen LogP contribution in [-0.2, 0) is 6.54 Å². The van der Waals surface area contributed by atoms with Crippen LogP contribution in [-0.4, -0.2) is 29.8 Å². The van der Waals surface area contributed by atoms with Gasteiger partial charge in [-0.15, -0.1) is 0 Å². The largest absolute Gasteiger partial charge is 0.389 e. The number of benzene rings is 1. The van der Waals surface area contributed by atoms with Gasteiger partial charge < -0.3 is 15.3 Å². The zero-order valence-electron chi connectivity index (χ0n) is 13.4. The molecule has 0 heterocycles. The van der Waals surface area contributed by atoms with Crippen molar-refractivity contribution in [1.29, 1.82) is 0 Å². The lowest BCUT2D eigenvalue weighted by molar-refractivity contribution is 0.0885. The third kappa shape index (κ3) is 5.47. The third-order valence-electron chi connectivity index (χ3n) is 2.92. The summed E-state index contributed by atoms with van der Waals surface area (Å²) < 4.78 is 14.1. The van der Waals surface area contributed by atoms with Crippen LogP contribution >= 0.6 is 0 Å². The Hall–Kier alpha value is -1.13. The molecule has 1 aromatic carbocycles. The van der Waals surface area contributed by atoms with Gasteiger partial charge in [-0.25, -0.2) is 4.39 Å². The predicted molar refractivity (Wildman–Crippen MR) is 82.6 cm³/mol. The number of halogens is 1. The molecule has 0 saturated carbocycles. The molecule has 0 amide bonds. The minimum Gasteiger partial charge on any atom is -0.389 e. The van der Waals surface area contributed by atoms with Gasteiger partial charge in [0.25, 0.3) is 0 Å². The first kappa shape index (κ1) is 16.9. The molecule has 0 unspecified atom stereocenters. The molecule has 0 radical (unpaired) electrons. The van der Waals surface area contributed by atoms with Crippen molar-refractivity contribution >= 4 is 5.69 Å². The molecule has 0 fully saturated rings. The smallest absolute Gasteiger partial charge is 0.129 e. The van der Waals surface area contributed by atoms with Gasteiger partial charge in [0.15, 0.2) is 0 Å². The maximum Gasteiger partial charge on any atom is 0.129 e.